The summed E-state index contributed by atoms with van der Waals surface area (Å²) in [5.74, 6) is -0.826. The molecule has 0 aromatic heterocycles. The van der Waals surface area contributed by atoms with Crippen molar-refractivity contribution < 1.29 is 18.3 Å². The number of hydrogen-bond acceptors (Lipinski definition) is 4. The molecule has 0 spiro atoms. The van der Waals surface area contributed by atoms with Gasteiger partial charge >= 0.3 is 5.97 Å². The molecule has 0 aliphatic heterocycles. The summed E-state index contributed by atoms with van der Waals surface area (Å²) in [5.41, 5.74) is -0.333. The van der Waals surface area contributed by atoms with E-state index in [9.17, 15) is 18.3 Å². The van der Waals surface area contributed by atoms with Crippen molar-refractivity contribution in [3.63, 3.8) is 0 Å². The summed E-state index contributed by atoms with van der Waals surface area (Å²) < 4.78 is 26.7. The van der Waals surface area contributed by atoms with Crippen LogP contribution < -0.4 is 10.0 Å². The highest BCUT2D eigenvalue weighted by Gasteiger charge is 2.44. The van der Waals surface area contributed by atoms with Crippen molar-refractivity contribution in [2.75, 3.05) is 18.4 Å². The number of aliphatic carboxylic acids is 1. The van der Waals surface area contributed by atoms with E-state index in [1.165, 1.54) is 6.07 Å². The Hall–Kier alpha value is -1.60. The smallest absolute Gasteiger partial charge is 0.311 e. The highest BCUT2D eigenvalue weighted by Crippen LogP contribution is 2.41. The summed E-state index contributed by atoms with van der Waals surface area (Å²) in [4.78, 5) is 11.5. The molecule has 6 nitrogen and oxygen atoms in total. The molecule has 0 radical (unpaired) electrons. The normalized spacial score (nSPS) is 17.0. The van der Waals surface area contributed by atoms with E-state index in [0.717, 1.165) is 6.42 Å². The molecule has 0 unspecified atom stereocenters. The van der Waals surface area contributed by atoms with Gasteiger partial charge in [-0.25, -0.2) is 13.1 Å². The van der Waals surface area contributed by atoms with Gasteiger partial charge in [-0.15, -0.1) is 0 Å². The lowest BCUT2D eigenvalue weighted by atomic mass is 9.69. The molecule has 0 saturated heterocycles. The van der Waals surface area contributed by atoms with Crippen LogP contribution in [0, 0.1) is 5.41 Å². The molecule has 3 N–H and O–H groups in total. The first kappa shape index (κ1) is 15.8. The summed E-state index contributed by atoms with van der Waals surface area (Å²) >= 11 is 0. The van der Waals surface area contributed by atoms with Crippen LogP contribution in [0.3, 0.4) is 0 Å². The van der Waals surface area contributed by atoms with E-state index < -0.39 is 21.4 Å². The van der Waals surface area contributed by atoms with Gasteiger partial charge < -0.3 is 10.4 Å². The number of carbonyl (C=O) groups is 1. The van der Waals surface area contributed by atoms with Crippen molar-refractivity contribution in [3.05, 3.63) is 24.3 Å². The Morgan fingerprint density at radius 2 is 2.00 bits per heavy atom. The van der Waals surface area contributed by atoms with Gasteiger partial charge in [0.05, 0.1) is 11.1 Å². The molecule has 1 saturated carbocycles. The second-order valence-electron chi connectivity index (χ2n) is 5.29. The van der Waals surface area contributed by atoms with Crippen LogP contribution in [0.4, 0.5) is 5.69 Å². The zero-order valence-electron chi connectivity index (χ0n) is 11.9. The molecule has 7 heteroatoms. The number of carboxylic acids is 1. The predicted molar refractivity (Wildman–Crippen MR) is 79.7 cm³/mol. The van der Waals surface area contributed by atoms with Crippen LogP contribution in [0.15, 0.2) is 29.2 Å². The lowest BCUT2D eigenvalue weighted by Gasteiger charge is -2.38. The van der Waals surface area contributed by atoms with E-state index >= 15 is 0 Å². The molecule has 0 bridgehead atoms. The number of para-hydroxylation sites is 1. The fourth-order valence-corrected chi connectivity index (χ4v) is 3.67. The first-order chi connectivity index (χ1) is 9.91. The number of sulfonamides is 1. The van der Waals surface area contributed by atoms with Crippen LogP contribution in [0.25, 0.3) is 0 Å². The monoisotopic (exact) mass is 312 g/mol. The molecule has 0 atom stereocenters. The molecular weight excluding hydrogens is 292 g/mol. The summed E-state index contributed by atoms with van der Waals surface area (Å²) in [6, 6.07) is 6.53. The Morgan fingerprint density at radius 1 is 1.33 bits per heavy atom. The summed E-state index contributed by atoms with van der Waals surface area (Å²) in [6.45, 7) is 2.25. The van der Waals surface area contributed by atoms with Crippen LogP contribution in [-0.2, 0) is 14.8 Å². The van der Waals surface area contributed by atoms with Gasteiger partial charge in [0, 0.05) is 13.1 Å². The van der Waals surface area contributed by atoms with Crippen LogP contribution in [0.1, 0.15) is 26.2 Å². The van der Waals surface area contributed by atoms with Gasteiger partial charge in [-0.3, -0.25) is 4.79 Å². The van der Waals surface area contributed by atoms with Crippen molar-refractivity contribution >= 4 is 21.7 Å². The molecule has 21 heavy (non-hydrogen) atoms. The Morgan fingerprint density at radius 3 is 2.52 bits per heavy atom. The van der Waals surface area contributed by atoms with Crippen molar-refractivity contribution in [2.24, 2.45) is 5.41 Å². The van der Waals surface area contributed by atoms with Crippen LogP contribution in [0.5, 0.6) is 0 Å². The zero-order chi connectivity index (χ0) is 15.5. The second kappa shape index (κ2) is 6.03. The Kier molecular flexibility index (Phi) is 4.53. The third kappa shape index (κ3) is 3.19. The predicted octanol–water partition coefficient (Wildman–Crippen LogP) is 1.65. The molecule has 1 aliphatic carbocycles. The molecule has 1 fully saturated rings. The fourth-order valence-electron chi connectivity index (χ4n) is 2.45. The van der Waals surface area contributed by atoms with Gasteiger partial charge in [0.2, 0.25) is 10.0 Å². The fraction of sp³-hybridized carbons (Fsp3) is 0.500. The number of anilines is 1. The third-order valence-corrected chi connectivity index (χ3v) is 5.50. The van der Waals surface area contributed by atoms with Gasteiger partial charge in [-0.05, 0) is 25.0 Å². The summed E-state index contributed by atoms with van der Waals surface area (Å²) in [7, 11) is -3.58. The second-order valence-corrected chi connectivity index (χ2v) is 7.03. The van der Waals surface area contributed by atoms with E-state index in [4.69, 9.17) is 0 Å². The minimum atomic E-state index is -3.58. The van der Waals surface area contributed by atoms with Crippen LogP contribution in [0.2, 0.25) is 0 Å². The lowest BCUT2D eigenvalue weighted by Crippen LogP contribution is -2.43. The lowest BCUT2D eigenvalue weighted by molar-refractivity contribution is -0.153. The van der Waals surface area contributed by atoms with Gasteiger partial charge in [-0.2, -0.15) is 0 Å². The van der Waals surface area contributed by atoms with Crippen molar-refractivity contribution in [3.8, 4) is 0 Å². The quantitative estimate of drug-likeness (QED) is 0.711. The molecule has 1 aromatic rings. The molecule has 0 amide bonds. The largest absolute Gasteiger partial charge is 0.481 e. The van der Waals surface area contributed by atoms with Crippen molar-refractivity contribution in [1.82, 2.24) is 4.72 Å². The highest BCUT2D eigenvalue weighted by molar-refractivity contribution is 7.89. The van der Waals surface area contributed by atoms with Crippen LogP contribution >= 0.6 is 0 Å². The van der Waals surface area contributed by atoms with Gasteiger partial charge in [0.15, 0.2) is 0 Å². The van der Waals surface area contributed by atoms with Gasteiger partial charge in [-0.1, -0.05) is 25.5 Å². The number of carboxylic acid groups (broad SMARTS) is 1. The third-order valence-electron chi connectivity index (χ3n) is 3.89. The number of nitrogens with one attached hydrogen (secondary N) is 2. The number of hydrogen-bond donors (Lipinski definition) is 3. The Balaban J connectivity index is 2.20. The van der Waals surface area contributed by atoms with E-state index in [1.54, 1.807) is 25.1 Å². The summed E-state index contributed by atoms with van der Waals surface area (Å²) in [5, 5.41) is 12.3. The molecule has 0 heterocycles. The minimum absolute atomic E-state index is 0.145. The maximum Gasteiger partial charge on any atom is 0.311 e. The molecular formula is C14H20N2O4S. The Labute approximate surface area is 124 Å². The van der Waals surface area contributed by atoms with E-state index in [2.05, 4.69) is 10.0 Å². The van der Waals surface area contributed by atoms with E-state index in [0.29, 0.717) is 25.1 Å². The van der Waals surface area contributed by atoms with Crippen LogP contribution in [-0.4, -0.2) is 32.6 Å². The standard InChI is InChI=1S/C14H20N2O4S/c1-2-16-21(19,20)12-7-4-3-6-11(12)15-10-14(13(17)18)8-5-9-14/h3-4,6-7,15-16H,2,5,8-10H2,1H3,(H,17,18). The summed E-state index contributed by atoms with van der Waals surface area (Å²) in [6.07, 6.45) is 2.14. The average molecular weight is 312 g/mol. The molecule has 1 aliphatic rings. The number of benzene rings is 1. The molecule has 116 valence electrons. The van der Waals surface area contributed by atoms with Gasteiger partial charge in [0.25, 0.3) is 0 Å². The maximum absolute atomic E-state index is 12.1. The number of rotatable bonds is 7. The Bertz CT molecular complexity index is 624. The maximum atomic E-state index is 12.1. The van der Waals surface area contributed by atoms with Gasteiger partial charge in [0.1, 0.15) is 4.90 Å². The highest BCUT2D eigenvalue weighted by atomic mass is 32.2. The average Bonchev–Trinajstić information content (AvgIpc) is 2.37. The van der Waals surface area contributed by atoms with E-state index in [1.807, 2.05) is 0 Å². The SMILES string of the molecule is CCNS(=O)(=O)c1ccccc1NCC1(C(=O)O)CCC1. The zero-order valence-corrected chi connectivity index (χ0v) is 12.7. The first-order valence-electron chi connectivity index (χ1n) is 6.97. The van der Waals surface area contributed by atoms with E-state index in [-0.39, 0.29) is 11.4 Å². The molecule has 2 rings (SSSR count). The van der Waals surface area contributed by atoms with Crippen molar-refractivity contribution in [1.29, 1.82) is 0 Å². The first-order valence-corrected chi connectivity index (χ1v) is 8.45. The topological polar surface area (TPSA) is 95.5 Å². The minimum Gasteiger partial charge on any atom is -0.481 e. The molecule has 1 aromatic carbocycles. The van der Waals surface area contributed by atoms with Crippen molar-refractivity contribution in [2.45, 2.75) is 31.1 Å².